The van der Waals surface area contributed by atoms with Gasteiger partial charge in [-0.1, -0.05) is 30.3 Å². The third kappa shape index (κ3) is 3.18. The minimum atomic E-state index is -0.492. The molecule has 2 aliphatic heterocycles. The summed E-state index contributed by atoms with van der Waals surface area (Å²) in [5.74, 6) is 0.975. The van der Waals surface area contributed by atoms with Gasteiger partial charge in [0.2, 0.25) is 0 Å². The molecule has 2 heterocycles. The van der Waals surface area contributed by atoms with E-state index in [1.54, 1.807) is 0 Å². The van der Waals surface area contributed by atoms with Crippen molar-refractivity contribution in [2.24, 2.45) is 0 Å². The van der Waals surface area contributed by atoms with Crippen molar-refractivity contribution in [3.05, 3.63) is 54.1 Å². The van der Waals surface area contributed by atoms with E-state index in [0.717, 1.165) is 37.0 Å². The van der Waals surface area contributed by atoms with Crippen LogP contribution >= 0.6 is 0 Å². The van der Waals surface area contributed by atoms with E-state index in [-0.39, 0.29) is 12.1 Å². The molecule has 146 valence electrons. The van der Waals surface area contributed by atoms with Gasteiger partial charge in [0.1, 0.15) is 0 Å². The van der Waals surface area contributed by atoms with Crippen molar-refractivity contribution < 1.29 is 19.0 Å². The molecule has 0 bridgehead atoms. The Bertz CT molecular complexity index is 864. The smallest absolute Gasteiger partial charge is 0.322 e. The fraction of sp³-hybridized carbons (Fsp3) is 0.409. The number of urea groups is 1. The molecular formula is C22H24N2O4. The number of hydrogen-bond donors (Lipinski definition) is 1. The van der Waals surface area contributed by atoms with Crippen LogP contribution in [0.1, 0.15) is 37.3 Å². The van der Waals surface area contributed by atoms with Crippen molar-refractivity contribution in [3.8, 4) is 11.5 Å². The Labute approximate surface area is 164 Å². The van der Waals surface area contributed by atoms with Gasteiger partial charge in [0.15, 0.2) is 11.5 Å². The van der Waals surface area contributed by atoms with Crippen LogP contribution in [0.25, 0.3) is 0 Å². The van der Waals surface area contributed by atoms with Crippen molar-refractivity contribution in [2.45, 2.75) is 37.5 Å². The maximum absolute atomic E-state index is 13.0. The summed E-state index contributed by atoms with van der Waals surface area (Å²) in [7, 11) is 0. The summed E-state index contributed by atoms with van der Waals surface area (Å²) in [6.45, 7) is 1.60. The molecule has 0 aromatic heterocycles. The average Bonchev–Trinajstić information content (AvgIpc) is 3.34. The molecule has 28 heavy (non-hydrogen) atoms. The van der Waals surface area contributed by atoms with Crippen LogP contribution in [0.4, 0.5) is 10.5 Å². The van der Waals surface area contributed by atoms with Crippen molar-refractivity contribution in [3.63, 3.8) is 0 Å². The summed E-state index contributed by atoms with van der Waals surface area (Å²) in [6, 6.07) is 15.4. The van der Waals surface area contributed by atoms with Gasteiger partial charge in [-0.3, -0.25) is 0 Å². The molecular weight excluding hydrogens is 356 g/mol. The number of hydrogen-bond acceptors (Lipinski definition) is 4. The van der Waals surface area contributed by atoms with E-state index in [1.165, 1.54) is 0 Å². The van der Waals surface area contributed by atoms with Gasteiger partial charge in [0.05, 0.1) is 19.3 Å². The van der Waals surface area contributed by atoms with E-state index in [4.69, 9.17) is 14.2 Å². The Morgan fingerprint density at radius 2 is 1.82 bits per heavy atom. The van der Waals surface area contributed by atoms with E-state index in [2.05, 4.69) is 5.32 Å². The summed E-state index contributed by atoms with van der Waals surface area (Å²) in [6.07, 6.45) is 4.07. The van der Waals surface area contributed by atoms with E-state index in [0.29, 0.717) is 31.2 Å². The molecule has 1 N–H and O–H groups in total. The Hall–Kier alpha value is -2.73. The van der Waals surface area contributed by atoms with Gasteiger partial charge in [-0.25, -0.2) is 4.79 Å². The van der Waals surface area contributed by atoms with Gasteiger partial charge in [-0.2, -0.15) is 0 Å². The average molecular weight is 380 g/mol. The maximum atomic E-state index is 13.0. The zero-order valence-electron chi connectivity index (χ0n) is 15.7. The zero-order valence-corrected chi connectivity index (χ0v) is 15.7. The first-order chi connectivity index (χ1) is 13.7. The van der Waals surface area contributed by atoms with Crippen molar-refractivity contribution in [1.29, 1.82) is 0 Å². The Morgan fingerprint density at radius 1 is 1.04 bits per heavy atom. The summed E-state index contributed by atoms with van der Waals surface area (Å²) in [4.78, 5) is 14.8. The molecule has 2 amide bonds. The lowest BCUT2D eigenvalue weighted by Crippen LogP contribution is -2.45. The molecule has 2 aromatic carbocycles. The molecule has 5 rings (SSSR count). The number of carbonyl (C=O) groups excluding carboxylic acids is 1. The molecule has 1 saturated heterocycles. The molecule has 6 nitrogen and oxygen atoms in total. The highest BCUT2D eigenvalue weighted by molar-refractivity contribution is 5.90. The summed E-state index contributed by atoms with van der Waals surface area (Å²) in [5.41, 5.74) is 1.78. The number of nitrogens with one attached hydrogen (secondary N) is 1. The number of nitrogens with zero attached hydrogens (tertiary/aromatic N) is 1. The third-order valence-electron chi connectivity index (χ3n) is 5.73. The minimum Gasteiger partial charge on any atom is -0.448 e. The summed E-state index contributed by atoms with van der Waals surface area (Å²) in [5, 5.41) is 3.02. The van der Waals surface area contributed by atoms with E-state index >= 15 is 0 Å². The number of benzene rings is 2. The second-order valence-electron chi connectivity index (χ2n) is 7.61. The van der Waals surface area contributed by atoms with E-state index in [9.17, 15) is 4.79 Å². The van der Waals surface area contributed by atoms with E-state index in [1.807, 2.05) is 53.4 Å². The van der Waals surface area contributed by atoms with Crippen LogP contribution in [-0.2, 0) is 4.74 Å². The maximum Gasteiger partial charge on any atom is 0.322 e. The second kappa shape index (κ2) is 7.02. The van der Waals surface area contributed by atoms with Gasteiger partial charge >= 0.3 is 6.03 Å². The largest absolute Gasteiger partial charge is 0.448 e. The molecule has 2 fully saturated rings. The van der Waals surface area contributed by atoms with Crippen molar-refractivity contribution in [1.82, 2.24) is 4.90 Å². The predicted molar refractivity (Wildman–Crippen MR) is 105 cm³/mol. The zero-order chi connectivity index (χ0) is 19.0. The van der Waals surface area contributed by atoms with Crippen molar-refractivity contribution >= 4 is 11.7 Å². The number of anilines is 1. The molecule has 1 saturated carbocycles. The first kappa shape index (κ1) is 17.4. The fourth-order valence-electron chi connectivity index (χ4n) is 4.28. The van der Waals surface area contributed by atoms with Gasteiger partial charge in [-0.15, -0.1) is 0 Å². The topological polar surface area (TPSA) is 60.0 Å². The fourth-order valence-corrected chi connectivity index (χ4v) is 4.28. The molecule has 1 unspecified atom stereocenters. The number of rotatable bonds is 2. The quantitative estimate of drug-likeness (QED) is 0.842. The number of carbonyl (C=O) groups is 1. The number of fused-ring (bicyclic) bond motifs is 1. The summed E-state index contributed by atoms with van der Waals surface area (Å²) >= 11 is 0. The molecule has 1 atom stereocenters. The standard InChI is InChI=1S/C22H24N2O4/c25-21(24-12-13-26-15-18(24)16-6-2-1-3-7-16)23-17-8-9-19-20(14-17)28-22(27-19)10-4-5-11-22/h1-3,6-9,14,18H,4-5,10-13,15H2,(H,23,25). The molecule has 6 heteroatoms. The highest BCUT2D eigenvalue weighted by Gasteiger charge is 2.44. The van der Waals surface area contributed by atoms with Crippen LogP contribution in [0, 0.1) is 0 Å². The number of ether oxygens (including phenoxy) is 3. The molecule has 2 aromatic rings. The van der Waals surface area contributed by atoms with Crippen LogP contribution in [0.2, 0.25) is 0 Å². The SMILES string of the molecule is O=C(Nc1ccc2c(c1)OC1(CCCC1)O2)N1CCOCC1c1ccccc1. The van der Waals surface area contributed by atoms with Crippen LogP contribution in [0.5, 0.6) is 11.5 Å². The van der Waals surface area contributed by atoms with E-state index < -0.39 is 5.79 Å². The van der Waals surface area contributed by atoms with Crippen molar-refractivity contribution in [2.75, 3.05) is 25.1 Å². The monoisotopic (exact) mass is 380 g/mol. The molecule has 0 radical (unpaired) electrons. The van der Waals surface area contributed by atoms with Gasteiger partial charge in [0.25, 0.3) is 5.79 Å². The second-order valence-corrected chi connectivity index (χ2v) is 7.61. The van der Waals surface area contributed by atoms with Crippen LogP contribution in [-0.4, -0.2) is 36.5 Å². The van der Waals surface area contributed by atoms with Gasteiger partial charge < -0.3 is 24.4 Å². The lowest BCUT2D eigenvalue weighted by atomic mass is 10.1. The Kier molecular flexibility index (Phi) is 4.36. The highest BCUT2D eigenvalue weighted by atomic mass is 16.7. The molecule has 1 spiro atoms. The van der Waals surface area contributed by atoms with Crippen LogP contribution in [0.3, 0.4) is 0 Å². The Balaban J connectivity index is 1.32. The lowest BCUT2D eigenvalue weighted by molar-refractivity contribution is -0.0716. The third-order valence-corrected chi connectivity index (χ3v) is 5.73. The molecule has 3 aliphatic rings. The predicted octanol–water partition coefficient (Wildman–Crippen LogP) is 4.33. The lowest BCUT2D eigenvalue weighted by Gasteiger charge is -2.35. The minimum absolute atomic E-state index is 0.0919. The number of amides is 2. The summed E-state index contributed by atoms with van der Waals surface area (Å²) < 4.78 is 17.8. The van der Waals surface area contributed by atoms with Gasteiger partial charge in [0, 0.05) is 31.1 Å². The highest BCUT2D eigenvalue weighted by Crippen LogP contribution is 2.47. The first-order valence-corrected chi connectivity index (χ1v) is 9.95. The first-order valence-electron chi connectivity index (χ1n) is 9.95. The van der Waals surface area contributed by atoms with Crippen LogP contribution in [0.15, 0.2) is 48.5 Å². The van der Waals surface area contributed by atoms with Gasteiger partial charge in [-0.05, 0) is 30.5 Å². The van der Waals surface area contributed by atoms with Crippen LogP contribution < -0.4 is 14.8 Å². The normalized spacial score (nSPS) is 22.4. The molecule has 1 aliphatic carbocycles. The number of morpholine rings is 1. The Morgan fingerprint density at radius 3 is 2.64 bits per heavy atom.